The molecule has 1 aliphatic rings. The summed E-state index contributed by atoms with van der Waals surface area (Å²) in [5.41, 5.74) is 1.45. The van der Waals surface area contributed by atoms with Crippen LogP contribution in [0.1, 0.15) is 26.3 Å². The van der Waals surface area contributed by atoms with Crippen molar-refractivity contribution in [2.24, 2.45) is 0 Å². The average molecular weight is 368 g/mol. The van der Waals surface area contributed by atoms with Gasteiger partial charge in [0.2, 0.25) is 0 Å². The molecule has 6 heteroatoms. The first-order valence-electron chi connectivity index (χ1n) is 8.81. The van der Waals surface area contributed by atoms with Crippen LogP contribution in [-0.4, -0.2) is 29.4 Å². The molecule has 3 rings (SSSR count). The van der Waals surface area contributed by atoms with Crippen LogP contribution < -0.4 is 10.1 Å². The second kappa shape index (κ2) is 7.61. The van der Waals surface area contributed by atoms with Gasteiger partial charge in [-0.05, 0) is 50.6 Å². The summed E-state index contributed by atoms with van der Waals surface area (Å²) in [6.07, 6.45) is 0. The summed E-state index contributed by atoms with van der Waals surface area (Å²) in [7, 11) is 0. The molecule has 27 heavy (non-hydrogen) atoms. The molecule has 0 bridgehead atoms. The number of carbonyl (C=O) groups is 2. The molecule has 0 saturated heterocycles. The van der Waals surface area contributed by atoms with Gasteiger partial charge in [0.25, 0.3) is 11.8 Å². The van der Waals surface area contributed by atoms with Crippen molar-refractivity contribution in [3.05, 3.63) is 65.6 Å². The number of amides is 2. The largest absolute Gasteiger partial charge is 0.492 e. The Hall–Kier alpha value is -3.15. The number of anilines is 1. The van der Waals surface area contributed by atoms with Crippen molar-refractivity contribution in [1.82, 2.24) is 4.90 Å². The maximum atomic E-state index is 13.3. The fraction of sp³-hybridized carbons (Fsp3) is 0.238. The van der Waals surface area contributed by atoms with E-state index in [9.17, 15) is 14.0 Å². The number of benzene rings is 2. The van der Waals surface area contributed by atoms with E-state index in [0.29, 0.717) is 23.6 Å². The van der Waals surface area contributed by atoms with E-state index in [4.69, 9.17) is 4.74 Å². The Morgan fingerprint density at radius 3 is 2.33 bits per heavy atom. The lowest BCUT2D eigenvalue weighted by Gasteiger charge is -2.19. The summed E-state index contributed by atoms with van der Waals surface area (Å²) >= 11 is 0. The minimum atomic E-state index is -0.416. The molecule has 0 spiro atoms. The lowest BCUT2D eigenvalue weighted by molar-refractivity contribution is -0.138. The van der Waals surface area contributed by atoms with E-state index in [1.165, 1.54) is 29.2 Å². The molecule has 2 amide bonds. The lowest BCUT2D eigenvalue weighted by Crippen LogP contribution is -2.38. The van der Waals surface area contributed by atoms with Gasteiger partial charge in [0.05, 0.1) is 17.9 Å². The normalized spacial score (nSPS) is 14.3. The molecule has 0 unspecified atom stereocenters. The van der Waals surface area contributed by atoms with E-state index in [2.05, 4.69) is 5.32 Å². The van der Waals surface area contributed by atoms with Crippen molar-refractivity contribution in [2.45, 2.75) is 26.8 Å². The highest BCUT2D eigenvalue weighted by Crippen LogP contribution is 2.34. The summed E-state index contributed by atoms with van der Waals surface area (Å²) in [4.78, 5) is 27.1. The summed E-state index contributed by atoms with van der Waals surface area (Å²) in [6.45, 7) is 5.88. The zero-order chi connectivity index (χ0) is 19.6. The molecule has 0 radical (unpaired) electrons. The Morgan fingerprint density at radius 1 is 1.04 bits per heavy atom. The number of nitrogens with one attached hydrogen (secondary N) is 1. The van der Waals surface area contributed by atoms with Crippen LogP contribution in [0, 0.1) is 5.82 Å². The van der Waals surface area contributed by atoms with Crippen molar-refractivity contribution in [2.75, 3.05) is 11.9 Å². The molecule has 0 atom stereocenters. The third-order valence-corrected chi connectivity index (χ3v) is 4.21. The maximum Gasteiger partial charge on any atom is 0.278 e. The second-order valence-corrected chi connectivity index (χ2v) is 6.39. The van der Waals surface area contributed by atoms with Gasteiger partial charge in [-0.25, -0.2) is 4.39 Å². The molecular formula is C21H21FN2O3. The van der Waals surface area contributed by atoms with Gasteiger partial charge < -0.3 is 10.1 Å². The molecule has 0 aromatic heterocycles. The first-order valence-corrected chi connectivity index (χ1v) is 8.81. The topological polar surface area (TPSA) is 58.6 Å². The highest BCUT2D eigenvalue weighted by atomic mass is 19.1. The zero-order valence-electron chi connectivity index (χ0n) is 15.5. The van der Waals surface area contributed by atoms with Crippen molar-refractivity contribution >= 4 is 23.1 Å². The van der Waals surface area contributed by atoms with Gasteiger partial charge in [-0.15, -0.1) is 0 Å². The second-order valence-electron chi connectivity index (χ2n) is 6.39. The van der Waals surface area contributed by atoms with Gasteiger partial charge in [0.1, 0.15) is 17.3 Å². The summed E-state index contributed by atoms with van der Waals surface area (Å²) in [6, 6.07) is 12.4. The number of imide groups is 1. The fourth-order valence-corrected chi connectivity index (χ4v) is 3.00. The van der Waals surface area contributed by atoms with Crippen LogP contribution >= 0.6 is 0 Å². The number of ether oxygens (including phenoxy) is 1. The minimum absolute atomic E-state index is 0.160. The van der Waals surface area contributed by atoms with E-state index < -0.39 is 17.6 Å². The molecule has 1 N–H and O–H groups in total. The number of para-hydroxylation sites is 2. The maximum absolute atomic E-state index is 13.3. The molecule has 2 aromatic carbocycles. The molecule has 5 nitrogen and oxygen atoms in total. The third kappa shape index (κ3) is 3.56. The zero-order valence-corrected chi connectivity index (χ0v) is 15.5. The molecule has 0 aliphatic carbocycles. The third-order valence-electron chi connectivity index (χ3n) is 4.21. The van der Waals surface area contributed by atoms with Gasteiger partial charge >= 0.3 is 0 Å². The number of carbonyl (C=O) groups excluding carboxylic acids is 2. The van der Waals surface area contributed by atoms with Crippen molar-refractivity contribution in [3.63, 3.8) is 0 Å². The van der Waals surface area contributed by atoms with Crippen LogP contribution in [-0.2, 0) is 9.59 Å². The van der Waals surface area contributed by atoms with Crippen LogP contribution in [0.2, 0.25) is 0 Å². The smallest absolute Gasteiger partial charge is 0.278 e. The van der Waals surface area contributed by atoms with E-state index in [1.807, 2.05) is 19.1 Å². The van der Waals surface area contributed by atoms with Crippen LogP contribution in [0.4, 0.5) is 10.1 Å². The van der Waals surface area contributed by atoms with Gasteiger partial charge in [0, 0.05) is 6.04 Å². The molecule has 0 saturated carbocycles. The number of rotatable bonds is 6. The number of halogens is 1. The van der Waals surface area contributed by atoms with Crippen LogP contribution in [0.5, 0.6) is 5.75 Å². The minimum Gasteiger partial charge on any atom is -0.492 e. The van der Waals surface area contributed by atoms with Crippen LogP contribution in [0.15, 0.2) is 54.2 Å². The van der Waals surface area contributed by atoms with Crippen LogP contribution in [0.3, 0.4) is 0 Å². The molecular weight excluding hydrogens is 347 g/mol. The van der Waals surface area contributed by atoms with Crippen LogP contribution in [0.25, 0.3) is 5.57 Å². The summed E-state index contributed by atoms with van der Waals surface area (Å²) in [5.74, 6) is -0.652. The Balaban J connectivity index is 2.10. The predicted molar refractivity (Wildman–Crippen MR) is 102 cm³/mol. The monoisotopic (exact) mass is 368 g/mol. The number of nitrogens with zero attached hydrogens (tertiary/aromatic N) is 1. The number of hydrogen-bond acceptors (Lipinski definition) is 4. The van der Waals surface area contributed by atoms with E-state index in [0.717, 1.165) is 0 Å². The van der Waals surface area contributed by atoms with Gasteiger partial charge in [-0.1, -0.05) is 24.3 Å². The Morgan fingerprint density at radius 2 is 1.70 bits per heavy atom. The highest BCUT2D eigenvalue weighted by Gasteiger charge is 2.40. The summed E-state index contributed by atoms with van der Waals surface area (Å²) in [5, 5.41) is 3.07. The highest BCUT2D eigenvalue weighted by molar-refractivity contribution is 6.36. The number of hydrogen-bond donors (Lipinski definition) is 1. The molecule has 1 aliphatic heterocycles. The van der Waals surface area contributed by atoms with E-state index >= 15 is 0 Å². The van der Waals surface area contributed by atoms with Crippen molar-refractivity contribution in [1.29, 1.82) is 0 Å². The van der Waals surface area contributed by atoms with E-state index in [1.54, 1.807) is 26.0 Å². The van der Waals surface area contributed by atoms with Gasteiger partial charge in [-0.3, -0.25) is 14.5 Å². The standard InChI is InChI=1S/C21H21FN2O3/c1-4-27-17-8-6-5-7-16(17)23-19-18(14-9-11-15(22)12-10-14)20(25)24(13(2)3)21(19)26/h5-13,23H,4H2,1-3H3. The molecule has 140 valence electrons. The van der Waals surface area contributed by atoms with Gasteiger partial charge in [-0.2, -0.15) is 0 Å². The Labute approximate surface area is 157 Å². The Bertz CT molecular complexity index is 904. The summed E-state index contributed by atoms with van der Waals surface area (Å²) < 4.78 is 18.9. The Kier molecular flexibility index (Phi) is 5.26. The van der Waals surface area contributed by atoms with Crippen molar-refractivity contribution < 1.29 is 18.7 Å². The quantitative estimate of drug-likeness (QED) is 0.788. The van der Waals surface area contributed by atoms with Gasteiger partial charge in [0.15, 0.2) is 0 Å². The average Bonchev–Trinajstić information content (AvgIpc) is 2.88. The molecule has 2 aromatic rings. The SMILES string of the molecule is CCOc1ccccc1NC1=C(c2ccc(F)cc2)C(=O)N(C(C)C)C1=O. The first kappa shape index (κ1) is 18.6. The lowest BCUT2D eigenvalue weighted by atomic mass is 10.0. The molecule has 1 heterocycles. The first-order chi connectivity index (χ1) is 12.9. The molecule has 0 fully saturated rings. The van der Waals surface area contributed by atoms with E-state index in [-0.39, 0.29) is 17.3 Å². The predicted octanol–water partition coefficient (Wildman–Crippen LogP) is 3.82. The fourth-order valence-electron chi connectivity index (χ4n) is 3.00. The van der Waals surface area contributed by atoms with Crippen molar-refractivity contribution in [3.8, 4) is 5.75 Å².